The van der Waals surface area contributed by atoms with E-state index in [0.29, 0.717) is 5.70 Å². The van der Waals surface area contributed by atoms with Gasteiger partial charge in [-0.3, -0.25) is 4.68 Å². The number of nitrogens with zero attached hydrogens (tertiary/aromatic N) is 3. The van der Waals surface area contributed by atoms with E-state index in [1.54, 1.807) is 21.9 Å². The van der Waals surface area contributed by atoms with Crippen LogP contribution in [0, 0.1) is 0 Å². The Balaban J connectivity index is 2.39. The number of aliphatic hydroxyl groups is 1. The minimum atomic E-state index is -0.816. The van der Waals surface area contributed by atoms with Crippen LogP contribution < -0.4 is 10.6 Å². The zero-order chi connectivity index (χ0) is 11.0. The molecule has 2 heterocycles. The maximum Gasteiger partial charge on any atom is 0.172 e. The molecule has 1 atom stereocenters. The van der Waals surface area contributed by atoms with Crippen molar-refractivity contribution in [3.63, 3.8) is 0 Å². The molecule has 0 fully saturated rings. The molecule has 1 aliphatic heterocycles. The van der Waals surface area contributed by atoms with Crippen LogP contribution in [0.3, 0.4) is 0 Å². The molecule has 0 spiro atoms. The predicted molar refractivity (Wildman–Crippen MR) is 57.7 cm³/mol. The normalized spacial score (nSPS) is 21.3. The first kappa shape index (κ1) is 9.79. The lowest BCUT2D eigenvalue weighted by Gasteiger charge is -2.29. The van der Waals surface area contributed by atoms with Crippen molar-refractivity contribution in [3.05, 3.63) is 35.8 Å². The summed E-state index contributed by atoms with van der Waals surface area (Å²) in [5.74, 6) is 0.804. The second-order valence-corrected chi connectivity index (χ2v) is 3.61. The number of anilines is 1. The monoisotopic (exact) mass is 206 g/mol. The van der Waals surface area contributed by atoms with Gasteiger partial charge in [-0.2, -0.15) is 5.10 Å². The van der Waals surface area contributed by atoms with Crippen LogP contribution in [0.15, 0.2) is 35.8 Å². The van der Waals surface area contributed by atoms with Crippen LogP contribution >= 0.6 is 0 Å². The highest BCUT2D eigenvalue weighted by atomic mass is 16.3. The largest absolute Gasteiger partial charge is 0.398 e. The van der Waals surface area contributed by atoms with Gasteiger partial charge in [0.15, 0.2) is 6.23 Å². The molecule has 0 bridgehead atoms. The van der Waals surface area contributed by atoms with E-state index in [0.717, 1.165) is 11.4 Å². The van der Waals surface area contributed by atoms with E-state index in [4.69, 9.17) is 5.73 Å². The third-order valence-corrected chi connectivity index (χ3v) is 2.36. The van der Waals surface area contributed by atoms with Gasteiger partial charge in [0, 0.05) is 19.3 Å². The number of allylic oxidation sites excluding steroid dienone is 2. The second-order valence-electron chi connectivity index (χ2n) is 3.61. The summed E-state index contributed by atoms with van der Waals surface area (Å²) >= 11 is 0. The predicted octanol–water partition coefficient (Wildman–Crippen LogP) is 0.305. The van der Waals surface area contributed by atoms with Gasteiger partial charge in [0.1, 0.15) is 5.82 Å². The number of aryl methyl sites for hydroxylation is 1. The van der Waals surface area contributed by atoms with Crippen LogP contribution in [0.25, 0.3) is 0 Å². The van der Waals surface area contributed by atoms with Gasteiger partial charge < -0.3 is 15.7 Å². The van der Waals surface area contributed by atoms with Crippen LogP contribution in [0.1, 0.15) is 6.92 Å². The summed E-state index contributed by atoms with van der Waals surface area (Å²) in [5, 5.41) is 13.9. The summed E-state index contributed by atoms with van der Waals surface area (Å²) in [6.45, 7) is 1.93. The standard InChI is InChI=1S/C10H14N4O/c1-7-5-8(11)10(15)14(6-7)9-3-4-12-13(9)2/h3-6,10,15H,11H2,1-2H3. The van der Waals surface area contributed by atoms with Gasteiger partial charge in [0.2, 0.25) is 0 Å². The van der Waals surface area contributed by atoms with Crippen molar-refractivity contribution < 1.29 is 5.11 Å². The zero-order valence-electron chi connectivity index (χ0n) is 8.75. The van der Waals surface area contributed by atoms with E-state index >= 15 is 0 Å². The molecule has 1 unspecified atom stereocenters. The maximum absolute atomic E-state index is 9.90. The molecule has 1 aromatic rings. The molecule has 0 saturated carbocycles. The molecule has 5 nitrogen and oxygen atoms in total. The Hall–Kier alpha value is -1.75. The molecule has 3 N–H and O–H groups in total. The first-order valence-electron chi connectivity index (χ1n) is 4.69. The van der Waals surface area contributed by atoms with Crippen LogP contribution in [-0.4, -0.2) is 21.1 Å². The van der Waals surface area contributed by atoms with Crippen LogP contribution in [0.2, 0.25) is 0 Å². The minimum Gasteiger partial charge on any atom is -0.398 e. The minimum absolute atomic E-state index is 0.441. The number of aromatic nitrogens is 2. The van der Waals surface area contributed by atoms with E-state index < -0.39 is 6.23 Å². The molecule has 80 valence electrons. The Labute approximate surface area is 88.1 Å². The summed E-state index contributed by atoms with van der Waals surface area (Å²) < 4.78 is 1.69. The molecule has 1 aliphatic rings. The maximum atomic E-state index is 9.90. The van der Waals surface area contributed by atoms with Gasteiger partial charge in [-0.15, -0.1) is 0 Å². The molecule has 1 aromatic heterocycles. The van der Waals surface area contributed by atoms with E-state index in [2.05, 4.69) is 5.10 Å². The topological polar surface area (TPSA) is 67.3 Å². The number of aliphatic hydroxyl groups excluding tert-OH is 1. The Kier molecular flexibility index (Phi) is 2.24. The van der Waals surface area contributed by atoms with Crippen molar-refractivity contribution in [1.29, 1.82) is 0 Å². The number of hydrogen-bond acceptors (Lipinski definition) is 4. The van der Waals surface area contributed by atoms with Gasteiger partial charge in [-0.25, -0.2) is 0 Å². The summed E-state index contributed by atoms with van der Waals surface area (Å²) in [5.41, 5.74) is 7.15. The number of nitrogens with two attached hydrogens (primary N) is 1. The molecular weight excluding hydrogens is 192 g/mol. The quantitative estimate of drug-likeness (QED) is 0.693. The Bertz CT molecular complexity index is 432. The highest BCUT2D eigenvalue weighted by Gasteiger charge is 2.22. The van der Waals surface area contributed by atoms with Crippen molar-refractivity contribution in [2.45, 2.75) is 13.2 Å². The third-order valence-electron chi connectivity index (χ3n) is 2.36. The summed E-state index contributed by atoms with van der Waals surface area (Å²) in [7, 11) is 1.82. The van der Waals surface area contributed by atoms with Crippen LogP contribution in [0.4, 0.5) is 5.82 Å². The zero-order valence-corrected chi connectivity index (χ0v) is 8.75. The van der Waals surface area contributed by atoms with Crippen molar-refractivity contribution in [3.8, 4) is 0 Å². The lowest BCUT2D eigenvalue weighted by molar-refractivity contribution is 0.210. The average molecular weight is 206 g/mol. The Morgan fingerprint density at radius 2 is 2.27 bits per heavy atom. The summed E-state index contributed by atoms with van der Waals surface area (Å²) in [6, 6.07) is 1.82. The number of rotatable bonds is 1. The van der Waals surface area contributed by atoms with Crippen molar-refractivity contribution in [2.75, 3.05) is 4.90 Å². The molecule has 2 rings (SSSR count). The van der Waals surface area contributed by atoms with Crippen molar-refractivity contribution in [1.82, 2.24) is 9.78 Å². The molecular formula is C10H14N4O. The molecule has 0 radical (unpaired) electrons. The summed E-state index contributed by atoms with van der Waals surface area (Å²) in [4.78, 5) is 1.69. The smallest absolute Gasteiger partial charge is 0.172 e. The lowest BCUT2D eigenvalue weighted by atomic mass is 10.2. The Morgan fingerprint density at radius 3 is 2.87 bits per heavy atom. The molecule has 0 aliphatic carbocycles. The van der Waals surface area contributed by atoms with Crippen LogP contribution in [-0.2, 0) is 7.05 Å². The van der Waals surface area contributed by atoms with E-state index in [-0.39, 0.29) is 0 Å². The van der Waals surface area contributed by atoms with E-state index in [1.165, 1.54) is 0 Å². The van der Waals surface area contributed by atoms with Crippen LogP contribution in [0.5, 0.6) is 0 Å². The summed E-state index contributed by atoms with van der Waals surface area (Å²) in [6.07, 6.45) is 4.47. The fraction of sp³-hybridized carbons (Fsp3) is 0.300. The average Bonchev–Trinajstić information content (AvgIpc) is 2.58. The Morgan fingerprint density at radius 1 is 1.53 bits per heavy atom. The van der Waals surface area contributed by atoms with Crippen molar-refractivity contribution >= 4 is 5.82 Å². The van der Waals surface area contributed by atoms with Gasteiger partial charge in [0.05, 0.1) is 11.9 Å². The second kappa shape index (κ2) is 3.43. The third kappa shape index (κ3) is 1.61. The molecule has 0 amide bonds. The lowest BCUT2D eigenvalue weighted by Crippen LogP contribution is -2.38. The fourth-order valence-electron chi connectivity index (χ4n) is 1.64. The van der Waals surface area contributed by atoms with Gasteiger partial charge in [-0.05, 0) is 18.6 Å². The first-order chi connectivity index (χ1) is 7.09. The molecule has 0 aromatic carbocycles. The van der Waals surface area contributed by atoms with Gasteiger partial charge >= 0.3 is 0 Å². The first-order valence-corrected chi connectivity index (χ1v) is 4.69. The van der Waals surface area contributed by atoms with Crippen molar-refractivity contribution in [2.24, 2.45) is 12.8 Å². The SMILES string of the molecule is CC1=CN(c2ccnn2C)C(O)C(N)=C1. The molecule has 0 saturated heterocycles. The molecule has 5 heteroatoms. The fourth-order valence-corrected chi connectivity index (χ4v) is 1.64. The van der Waals surface area contributed by atoms with E-state index in [1.807, 2.05) is 26.2 Å². The molecule has 15 heavy (non-hydrogen) atoms. The van der Waals surface area contributed by atoms with Gasteiger partial charge in [0.25, 0.3) is 0 Å². The highest BCUT2D eigenvalue weighted by molar-refractivity contribution is 5.49. The highest BCUT2D eigenvalue weighted by Crippen LogP contribution is 2.22. The number of hydrogen-bond donors (Lipinski definition) is 2. The van der Waals surface area contributed by atoms with Gasteiger partial charge in [-0.1, -0.05) is 0 Å². The van der Waals surface area contributed by atoms with E-state index in [9.17, 15) is 5.11 Å².